The smallest absolute Gasteiger partial charge is 0.240 e. The summed E-state index contributed by atoms with van der Waals surface area (Å²) < 4.78 is 0. The lowest BCUT2D eigenvalue weighted by Gasteiger charge is -2.23. The molecule has 2 aromatic heterocycles. The molecule has 2 heterocycles. The largest absolute Gasteiger partial charge is 0.358 e. The molecule has 8 heteroatoms. The van der Waals surface area contributed by atoms with Crippen LogP contribution in [0, 0.1) is 0 Å². The molecule has 0 unspecified atom stereocenters. The molecule has 0 bridgehead atoms. The molecule has 7 nitrogen and oxygen atoms in total. The number of hydrazine groups is 1. The van der Waals surface area contributed by atoms with Gasteiger partial charge < -0.3 is 10.2 Å². The summed E-state index contributed by atoms with van der Waals surface area (Å²) in [5.74, 6) is 6.44. The Balaban J connectivity index is 2.45. The highest BCUT2D eigenvalue weighted by Crippen LogP contribution is 2.28. The van der Waals surface area contributed by atoms with E-state index in [2.05, 4.69) is 27.6 Å². The standard InChI is InChI=1S/C12H18N6OS/c1-3-5-18(7-9(19)14-2)10-8-4-6-20-11(8)16-12(15-10)17-13/h4,6H,3,5,7,13H2,1-2H3,(H,14,19)(H,15,16,17). The van der Waals surface area contributed by atoms with E-state index in [0.717, 1.165) is 29.0 Å². The second kappa shape index (κ2) is 6.49. The van der Waals surface area contributed by atoms with Gasteiger partial charge >= 0.3 is 0 Å². The number of hydrogen-bond acceptors (Lipinski definition) is 7. The van der Waals surface area contributed by atoms with Crippen molar-refractivity contribution >= 4 is 39.2 Å². The molecule has 0 fully saturated rings. The number of likely N-dealkylation sites (N-methyl/N-ethyl adjacent to an activating group) is 1. The van der Waals surface area contributed by atoms with Crippen LogP contribution >= 0.6 is 11.3 Å². The maximum atomic E-state index is 11.7. The fourth-order valence-corrected chi connectivity index (χ4v) is 2.69. The van der Waals surface area contributed by atoms with Crippen LogP contribution in [0.2, 0.25) is 0 Å². The highest BCUT2D eigenvalue weighted by atomic mass is 32.1. The lowest BCUT2D eigenvalue weighted by atomic mass is 10.3. The highest BCUT2D eigenvalue weighted by molar-refractivity contribution is 7.16. The second-order valence-electron chi connectivity index (χ2n) is 4.25. The van der Waals surface area contributed by atoms with Crippen molar-refractivity contribution in [3.8, 4) is 0 Å². The van der Waals surface area contributed by atoms with Gasteiger partial charge in [0, 0.05) is 13.6 Å². The third kappa shape index (κ3) is 2.97. The van der Waals surface area contributed by atoms with Gasteiger partial charge in [0.15, 0.2) is 0 Å². The van der Waals surface area contributed by atoms with Gasteiger partial charge in [0.25, 0.3) is 0 Å². The Morgan fingerprint density at radius 3 is 2.95 bits per heavy atom. The van der Waals surface area contributed by atoms with Gasteiger partial charge in [-0.1, -0.05) is 6.92 Å². The Labute approximate surface area is 121 Å². The Morgan fingerprint density at radius 2 is 2.30 bits per heavy atom. The Kier molecular flexibility index (Phi) is 4.70. The number of aromatic nitrogens is 2. The predicted octanol–water partition coefficient (Wildman–Crippen LogP) is 0.939. The number of fused-ring (bicyclic) bond motifs is 1. The lowest BCUT2D eigenvalue weighted by Crippen LogP contribution is -2.36. The molecule has 2 aromatic rings. The number of nitrogens with zero attached hydrogens (tertiary/aromatic N) is 3. The van der Waals surface area contributed by atoms with Gasteiger partial charge in [0.1, 0.15) is 10.6 Å². The maximum Gasteiger partial charge on any atom is 0.240 e. The molecule has 0 aliphatic rings. The molecule has 20 heavy (non-hydrogen) atoms. The SMILES string of the molecule is CCCN(CC(=O)NC)c1nc(NN)nc2sccc12. The van der Waals surface area contributed by atoms with Crippen molar-refractivity contribution in [3.05, 3.63) is 11.4 Å². The van der Waals surface area contributed by atoms with Crippen LogP contribution in [0.15, 0.2) is 11.4 Å². The average molecular weight is 294 g/mol. The number of carbonyl (C=O) groups excluding carboxylic acids is 1. The van der Waals surface area contributed by atoms with E-state index in [1.54, 1.807) is 7.05 Å². The van der Waals surface area contributed by atoms with Gasteiger partial charge in [0.05, 0.1) is 11.9 Å². The van der Waals surface area contributed by atoms with Crippen LogP contribution in [0.5, 0.6) is 0 Å². The Bertz CT molecular complexity index is 599. The fraction of sp³-hybridized carbons (Fsp3) is 0.417. The second-order valence-corrected chi connectivity index (χ2v) is 5.14. The molecule has 0 radical (unpaired) electrons. The number of nitrogens with two attached hydrogens (primary N) is 1. The van der Waals surface area contributed by atoms with Crippen LogP contribution < -0.4 is 21.5 Å². The first-order valence-electron chi connectivity index (χ1n) is 6.37. The van der Waals surface area contributed by atoms with Crippen molar-refractivity contribution in [2.24, 2.45) is 5.84 Å². The summed E-state index contributed by atoms with van der Waals surface area (Å²) >= 11 is 1.52. The van der Waals surface area contributed by atoms with Gasteiger partial charge in [-0.15, -0.1) is 11.3 Å². The van der Waals surface area contributed by atoms with Crippen LogP contribution in [0.1, 0.15) is 13.3 Å². The van der Waals surface area contributed by atoms with Gasteiger partial charge in [-0.05, 0) is 17.9 Å². The quantitative estimate of drug-likeness (QED) is 0.542. The fourth-order valence-electron chi connectivity index (χ4n) is 1.93. The number of carbonyl (C=O) groups is 1. The third-order valence-corrected chi connectivity index (χ3v) is 3.65. The molecular weight excluding hydrogens is 276 g/mol. The topological polar surface area (TPSA) is 96.2 Å². The van der Waals surface area contributed by atoms with E-state index in [1.807, 2.05) is 16.3 Å². The number of anilines is 2. The van der Waals surface area contributed by atoms with Crippen molar-refractivity contribution in [1.82, 2.24) is 15.3 Å². The minimum absolute atomic E-state index is 0.0531. The third-order valence-electron chi connectivity index (χ3n) is 2.84. The molecule has 0 saturated heterocycles. The number of nitrogen functional groups attached to an aromatic ring is 1. The zero-order chi connectivity index (χ0) is 14.5. The summed E-state index contributed by atoms with van der Waals surface area (Å²) in [4.78, 5) is 23.2. The summed E-state index contributed by atoms with van der Waals surface area (Å²) in [6.45, 7) is 3.06. The molecule has 0 atom stereocenters. The van der Waals surface area contributed by atoms with Crippen molar-refractivity contribution in [3.63, 3.8) is 0 Å². The number of amides is 1. The summed E-state index contributed by atoms with van der Waals surface area (Å²) in [5, 5.41) is 5.52. The molecule has 4 N–H and O–H groups in total. The Morgan fingerprint density at radius 1 is 1.50 bits per heavy atom. The van der Waals surface area contributed by atoms with Crippen molar-refractivity contribution in [1.29, 1.82) is 0 Å². The van der Waals surface area contributed by atoms with Crippen LogP contribution in [0.3, 0.4) is 0 Å². The van der Waals surface area contributed by atoms with E-state index in [0.29, 0.717) is 5.95 Å². The Hall–Kier alpha value is -1.93. The minimum Gasteiger partial charge on any atom is -0.358 e. The van der Waals surface area contributed by atoms with Crippen molar-refractivity contribution in [2.45, 2.75) is 13.3 Å². The molecule has 0 aliphatic carbocycles. The molecule has 0 aliphatic heterocycles. The highest BCUT2D eigenvalue weighted by Gasteiger charge is 2.17. The van der Waals surface area contributed by atoms with E-state index in [9.17, 15) is 4.79 Å². The molecule has 108 valence electrons. The number of thiophene rings is 1. The number of rotatable bonds is 6. The minimum atomic E-state index is -0.0531. The summed E-state index contributed by atoms with van der Waals surface area (Å²) in [6, 6.07) is 1.96. The summed E-state index contributed by atoms with van der Waals surface area (Å²) in [7, 11) is 1.62. The van der Waals surface area contributed by atoms with Gasteiger partial charge in [-0.3, -0.25) is 10.2 Å². The van der Waals surface area contributed by atoms with E-state index in [-0.39, 0.29) is 12.5 Å². The number of nitrogens with one attached hydrogen (secondary N) is 2. The van der Waals surface area contributed by atoms with Gasteiger partial charge in [-0.25, -0.2) is 10.8 Å². The molecule has 0 aromatic carbocycles. The monoisotopic (exact) mass is 294 g/mol. The molecule has 1 amide bonds. The van der Waals surface area contributed by atoms with E-state index < -0.39 is 0 Å². The van der Waals surface area contributed by atoms with Gasteiger partial charge in [0.2, 0.25) is 11.9 Å². The molecule has 0 saturated carbocycles. The van der Waals surface area contributed by atoms with Crippen LogP contribution in [0.4, 0.5) is 11.8 Å². The number of hydrogen-bond donors (Lipinski definition) is 3. The lowest BCUT2D eigenvalue weighted by molar-refractivity contribution is -0.119. The molecular formula is C12H18N6OS. The molecule has 0 spiro atoms. The molecule has 2 rings (SSSR count). The average Bonchev–Trinajstić information content (AvgIpc) is 2.93. The normalized spacial score (nSPS) is 10.6. The van der Waals surface area contributed by atoms with Gasteiger partial charge in [-0.2, -0.15) is 4.98 Å². The maximum absolute atomic E-state index is 11.7. The van der Waals surface area contributed by atoms with Crippen LogP contribution in [-0.4, -0.2) is 36.0 Å². The van der Waals surface area contributed by atoms with Crippen LogP contribution in [0.25, 0.3) is 10.2 Å². The first-order valence-corrected chi connectivity index (χ1v) is 7.25. The van der Waals surface area contributed by atoms with E-state index >= 15 is 0 Å². The predicted molar refractivity (Wildman–Crippen MR) is 81.8 cm³/mol. The van der Waals surface area contributed by atoms with Crippen LogP contribution in [-0.2, 0) is 4.79 Å². The van der Waals surface area contributed by atoms with E-state index in [4.69, 9.17) is 5.84 Å². The zero-order valence-corrected chi connectivity index (χ0v) is 12.3. The summed E-state index contributed by atoms with van der Waals surface area (Å²) in [6.07, 6.45) is 0.915. The van der Waals surface area contributed by atoms with Crippen molar-refractivity contribution < 1.29 is 4.79 Å². The first kappa shape index (κ1) is 14.5. The zero-order valence-electron chi connectivity index (χ0n) is 11.5. The first-order chi connectivity index (χ1) is 9.69. The summed E-state index contributed by atoms with van der Waals surface area (Å²) in [5.41, 5.74) is 2.47. The van der Waals surface area contributed by atoms with E-state index in [1.165, 1.54) is 11.3 Å². The van der Waals surface area contributed by atoms with Crippen molar-refractivity contribution in [2.75, 3.05) is 30.5 Å².